The molecule has 1 unspecified atom stereocenters. The van der Waals surface area contributed by atoms with E-state index in [4.69, 9.17) is 10.5 Å². The van der Waals surface area contributed by atoms with E-state index in [1.54, 1.807) is 19.4 Å². The van der Waals surface area contributed by atoms with Crippen molar-refractivity contribution in [3.63, 3.8) is 0 Å². The lowest BCUT2D eigenvalue weighted by Crippen LogP contribution is -2.39. The van der Waals surface area contributed by atoms with Gasteiger partial charge >= 0.3 is 0 Å². The summed E-state index contributed by atoms with van der Waals surface area (Å²) in [6.07, 6.45) is 2.29. The highest BCUT2D eigenvalue weighted by atomic mass is 16.5. The van der Waals surface area contributed by atoms with E-state index in [2.05, 4.69) is 10.3 Å². The van der Waals surface area contributed by atoms with Crippen LogP contribution in [0.25, 0.3) is 0 Å². The summed E-state index contributed by atoms with van der Waals surface area (Å²) in [5, 5.41) is 2.74. The predicted octanol–water partition coefficient (Wildman–Crippen LogP) is 0.444. The van der Waals surface area contributed by atoms with Gasteiger partial charge in [0, 0.05) is 18.8 Å². The van der Waals surface area contributed by atoms with Gasteiger partial charge in [0.15, 0.2) is 0 Å². The van der Waals surface area contributed by atoms with Crippen LogP contribution in [0.5, 0.6) is 5.88 Å². The zero-order valence-corrected chi connectivity index (χ0v) is 9.56. The summed E-state index contributed by atoms with van der Waals surface area (Å²) in [7, 11) is 1.56. The van der Waals surface area contributed by atoms with Gasteiger partial charge in [0.25, 0.3) is 0 Å². The summed E-state index contributed by atoms with van der Waals surface area (Å²) in [4.78, 5) is 15.4. The number of hydrogen-bond acceptors (Lipinski definition) is 4. The highest BCUT2D eigenvalue weighted by Crippen LogP contribution is 2.06. The molecule has 0 aliphatic carbocycles. The van der Waals surface area contributed by atoms with Gasteiger partial charge in [-0.2, -0.15) is 0 Å². The highest BCUT2D eigenvalue weighted by Gasteiger charge is 2.09. The van der Waals surface area contributed by atoms with Crippen molar-refractivity contribution in [1.29, 1.82) is 0 Å². The zero-order chi connectivity index (χ0) is 12.0. The van der Waals surface area contributed by atoms with Crippen LogP contribution >= 0.6 is 0 Å². The molecule has 1 heterocycles. The topological polar surface area (TPSA) is 77.2 Å². The van der Waals surface area contributed by atoms with Crippen LogP contribution in [0.2, 0.25) is 0 Å². The molecule has 0 radical (unpaired) electrons. The average Bonchev–Trinajstić information content (AvgIpc) is 2.35. The quantitative estimate of drug-likeness (QED) is 0.759. The van der Waals surface area contributed by atoms with Crippen molar-refractivity contribution >= 4 is 5.91 Å². The summed E-state index contributed by atoms with van der Waals surface area (Å²) in [6.45, 7) is 2.31. The molecule has 0 bridgehead atoms. The lowest BCUT2D eigenvalue weighted by Gasteiger charge is -2.09. The minimum Gasteiger partial charge on any atom is -0.481 e. The molecule has 1 aromatic rings. The summed E-state index contributed by atoms with van der Waals surface area (Å²) >= 11 is 0. The van der Waals surface area contributed by atoms with Crippen molar-refractivity contribution in [3.8, 4) is 5.88 Å². The Morgan fingerprint density at radius 3 is 2.88 bits per heavy atom. The summed E-state index contributed by atoms with van der Waals surface area (Å²) in [6, 6.07) is 3.16. The number of methoxy groups -OCH3 is 1. The average molecular weight is 223 g/mol. The molecule has 1 amide bonds. The van der Waals surface area contributed by atoms with Crippen molar-refractivity contribution in [2.24, 2.45) is 5.73 Å². The molecule has 1 atom stereocenters. The number of rotatable bonds is 5. The van der Waals surface area contributed by atoms with Crippen LogP contribution in [0, 0.1) is 0 Å². The van der Waals surface area contributed by atoms with E-state index in [0.29, 0.717) is 18.8 Å². The Balaban J connectivity index is 2.45. The molecule has 5 heteroatoms. The maximum atomic E-state index is 11.4. The molecular weight excluding hydrogens is 206 g/mol. The molecule has 3 N–H and O–H groups in total. The molecule has 0 aliphatic rings. The Labute approximate surface area is 95.0 Å². The standard InChI is InChI=1S/C11H17N3O2/c1-3-9(12)11(15)14-7-8-4-5-10(16-2)13-6-8/h4-6,9H,3,7,12H2,1-2H3,(H,14,15). The normalized spacial score (nSPS) is 11.9. The van der Waals surface area contributed by atoms with Crippen LogP contribution in [-0.4, -0.2) is 24.0 Å². The number of amides is 1. The number of ether oxygens (including phenoxy) is 1. The molecule has 1 aromatic heterocycles. The smallest absolute Gasteiger partial charge is 0.237 e. The molecule has 0 saturated heterocycles. The number of nitrogens with two attached hydrogens (primary N) is 1. The second kappa shape index (κ2) is 6.07. The zero-order valence-electron chi connectivity index (χ0n) is 9.56. The van der Waals surface area contributed by atoms with Crippen LogP contribution in [0.3, 0.4) is 0 Å². The van der Waals surface area contributed by atoms with Gasteiger partial charge in [-0.3, -0.25) is 4.79 Å². The maximum absolute atomic E-state index is 11.4. The lowest BCUT2D eigenvalue weighted by atomic mass is 10.2. The number of aromatic nitrogens is 1. The third-order valence-electron chi connectivity index (χ3n) is 2.25. The van der Waals surface area contributed by atoms with Crippen molar-refractivity contribution < 1.29 is 9.53 Å². The molecule has 0 aromatic carbocycles. The van der Waals surface area contributed by atoms with Gasteiger partial charge in [-0.05, 0) is 12.0 Å². The number of nitrogens with one attached hydrogen (secondary N) is 1. The minimum absolute atomic E-state index is 0.140. The first kappa shape index (κ1) is 12.4. The maximum Gasteiger partial charge on any atom is 0.237 e. The Kier molecular flexibility index (Phi) is 4.72. The second-order valence-corrected chi connectivity index (χ2v) is 3.44. The molecule has 0 aliphatic heterocycles. The largest absolute Gasteiger partial charge is 0.481 e. The van der Waals surface area contributed by atoms with E-state index in [1.807, 2.05) is 13.0 Å². The molecule has 0 saturated carbocycles. The SMILES string of the molecule is CCC(N)C(=O)NCc1ccc(OC)nc1. The van der Waals surface area contributed by atoms with Crippen LogP contribution in [0.4, 0.5) is 0 Å². The van der Waals surface area contributed by atoms with Gasteiger partial charge in [0.05, 0.1) is 13.2 Å². The van der Waals surface area contributed by atoms with Crippen molar-refractivity contribution in [2.45, 2.75) is 25.9 Å². The molecule has 16 heavy (non-hydrogen) atoms. The van der Waals surface area contributed by atoms with E-state index in [0.717, 1.165) is 5.56 Å². The number of carbonyl (C=O) groups is 1. The van der Waals surface area contributed by atoms with E-state index in [9.17, 15) is 4.79 Å². The van der Waals surface area contributed by atoms with E-state index < -0.39 is 6.04 Å². The van der Waals surface area contributed by atoms with E-state index in [1.165, 1.54) is 0 Å². The monoisotopic (exact) mass is 223 g/mol. The van der Waals surface area contributed by atoms with Gasteiger partial charge in [0.1, 0.15) is 0 Å². The first-order valence-corrected chi connectivity index (χ1v) is 5.19. The fraction of sp³-hybridized carbons (Fsp3) is 0.455. The number of hydrogen-bond donors (Lipinski definition) is 2. The fourth-order valence-electron chi connectivity index (χ4n) is 1.14. The third kappa shape index (κ3) is 3.51. The van der Waals surface area contributed by atoms with E-state index in [-0.39, 0.29) is 5.91 Å². The molecule has 0 spiro atoms. The van der Waals surface area contributed by atoms with Crippen LogP contribution in [0.1, 0.15) is 18.9 Å². The van der Waals surface area contributed by atoms with Gasteiger partial charge in [0.2, 0.25) is 11.8 Å². The Bertz CT molecular complexity index is 338. The summed E-state index contributed by atoms with van der Waals surface area (Å²) in [5.74, 6) is 0.415. The lowest BCUT2D eigenvalue weighted by molar-refractivity contribution is -0.122. The van der Waals surface area contributed by atoms with E-state index >= 15 is 0 Å². The van der Waals surface area contributed by atoms with Gasteiger partial charge in [-0.1, -0.05) is 13.0 Å². The Morgan fingerprint density at radius 2 is 2.38 bits per heavy atom. The Morgan fingerprint density at radius 1 is 1.62 bits per heavy atom. The number of carbonyl (C=O) groups excluding carboxylic acids is 1. The number of nitrogens with zero attached hydrogens (tertiary/aromatic N) is 1. The van der Waals surface area contributed by atoms with Crippen LogP contribution in [-0.2, 0) is 11.3 Å². The highest BCUT2D eigenvalue weighted by molar-refractivity contribution is 5.81. The third-order valence-corrected chi connectivity index (χ3v) is 2.25. The molecular formula is C11H17N3O2. The van der Waals surface area contributed by atoms with Crippen molar-refractivity contribution in [2.75, 3.05) is 7.11 Å². The molecule has 5 nitrogen and oxygen atoms in total. The van der Waals surface area contributed by atoms with Crippen LogP contribution in [0.15, 0.2) is 18.3 Å². The van der Waals surface area contributed by atoms with Crippen molar-refractivity contribution in [1.82, 2.24) is 10.3 Å². The Hall–Kier alpha value is -1.62. The molecule has 88 valence electrons. The summed E-state index contributed by atoms with van der Waals surface area (Å²) in [5.41, 5.74) is 6.49. The first-order valence-electron chi connectivity index (χ1n) is 5.19. The predicted molar refractivity (Wildman–Crippen MR) is 60.9 cm³/mol. The first-order chi connectivity index (χ1) is 7.67. The minimum atomic E-state index is -0.439. The van der Waals surface area contributed by atoms with Gasteiger partial charge in [-0.15, -0.1) is 0 Å². The number of pyridine rings is 1. The van der Waals surface area contributed by atoms with Crippen molar-refractivity contribution in [3.05, 3.63) is 23.9 Å². The fourth-order valence-corrected chi connectivity index (χ4v) is 1.14. The van der Waals surface area contributed by atoms with Gasteiger partial charge in [-0.25, -0.2) is 4.98 Å². The molecule has 0 fully saturated rings. The molecule has 1 rings (SSSR count). The van der Waals surface area contributed by atoms with Gasteiger partial charge < -0.3 is 15.8 Å². The summed E-state index contributed by atoms with van der Waals surface area (Å²) < 4.78 is 4.93. The van der Waals surface area contributed by atoms with Crippen LogP contribution < -0.4 is 15.8 Å². The second-order valence-electron chi connectivity index (χ2n) is 3.44.